The van der Waals surface area contributed by atoms with Gasteiger partial charge in [-0.25, -0.2) is 9.18 Å². The first-order valence-electron chi connectivity index (χ1n) is 15.4. The van der Waals surface area contributed by atoms with Gasteiger partial charge in [0, 0.05) is 25.2 Å². The van der Waals surface area contributed by atoms with Crippen molar-refractivity contribution in [3.8, 4) is 11.1 Å². The van der Waals surface area contributed by atoms with E-state index in [0.717, 1.165) is 67.9 Å². The molecule has 0 saturated carbocycles. The number of aryl methyl sites for hydroxylation is 1. The second kappa shape index (κ2) is 16.9. The number of nitrogens with one attached hydrogen (secondary N) is 2. The van der Waals surface area contributed by atoms with E-state index in [-0.39, 0.29) is 18.0 Å². The summed E-state index contributed by atoms with van der Waals surface area (Å²) in [6.45, 7) is 6.75. The highest BCUT2D eigenvalue weighted by atomic mass is 19.1. The van der Waals surface area contributed by atoms with E-state index in [1.54, 1.807) is 6.07 Å². The molecule has 1 amide bonds. The highest BCUT2D eigenvalue weighted by Crippen LogP contribution is 2.28. The minimum absolute atomic E-state index is 0.0237. The number of carbonyl (C=O) groups excluding carboxylic acids is 1. The predicted octanol–water partition coefficient (Wildman–Crippen LogP) is 8.33. The molecule has 1 fully saturated rings. The number of unbranched alkanes of at least 4 members (excludes halogenated alkanes) is 6. The fourth-order valence-corrected chi connectivity index (χ4v) is 5.52. The van der Waals surface area contributed by atoms with Crippen molar-refractivity contribution in [1.29, 1.82) is 0 Å². The van der Waals surface area contributed by atoms with Crippen molar-refractivity contribution in [2.75, 3.05) is 31.5 Å². The lowest BCUT2D eigenvalue weighted by Crippen LogP contribution is -2.38. The summed E-state index contributed by atoms with van der Waals surface area (Å²) in [4.78, 5) is 15.1. The first-order chi connectivity index (χ1) is 20.1. The van der Waals surface area contributed by atoms with Gasteiger partial charge in [0.15, 0.2) is 0 Å². The van der Waals surface area contributed by atoms with Gasteiger partial charge in [-0.05, 0) is 74.5 Å². The second-order valence-corrected chi connectivity index (χ2v) is 11.2. The lowest BCUT2D eigenvalue weighted by molar-refractivity contribution is 0.0585. The molecule has 220 valence electrons. The lowest BCUT2D eigenvalue weighted by atomic mass is 10.0. The van der Waals surface area contributed by atoms with Crippen LogP contribution >= 0.6 is 0 Å². The molecule has 0 aromatic heterocycles. The predicted molar refractivity (Wildman–Crippen MR) is 167 cm³/mol. The summed E-state index contributed by atoms with van der Waals surface area (Å²) in [5, 5.41) is 6.43. The summed E-state index contributed by atoms with van der Waals surface area (Å²) >= 11 is 0. The SMILES string of the molecule is Cc1cc(CNCCCCCCCCCN2CCC(OC(=O)Nc3ccccc3-c3ccccc3)CC2)ccc1F. The van der Waals surface area contributed by atoms with Crippen LogP contribution in [0.1, 0.15) is 68.9 Å². The molecule has 1 saturated heterocycles. The van der Waals surface area contributed by atoms with E-state index in [0.29, 0.717) is 5.56 Å². The van der Waals surface area contributed by atoms with Crippen LogP contribution in [0.3, 0.4) is 0 Å². The van der Waals surface area contributed by atoms with Crippen LogP contribution in [0.25, 0.3) is 11.1 Å². The number of carbonyl (C=O) groups is 1. The number of piperidine rings is 1. The molecular formula is C35H46FN3O2. The van der Waals surface area contributed by atoms with Crippen LogP contribution in [0.5, 0.6) is 0 Å². The number of anilines is 1. The number of rotatable bonds is 15. The van der Waals surface area contributed by atoms with Gasteiger partial charge in [-0.1, -0.05) is 92.8 Å². The minimum Gasteiger partial charge on any atom is -0.446 e. The summed E-state index contributed by atoms with van der Waals surface area (Å²) in [7, 11) is 0. The van der Waals surface area contributed by atoms with Crippen LogP contribution in [0.2, 0.25) is 0 Å². The van der Waals surface area contributed by atoms with Gasteiger partial charge in [0.1, 0.15) is 11.9 Å². The third-order valence-corrected chi connectivity index (χ3v) is 7.94. The topological polar surface area (TPSA) is 53.6 Å². The van der Waals surface area contributed by atoms with Crippen molar-refractivity contribution in [2.24, 2.45) is 0 Å². The largest absolute Gasteiger partial charge is 0.446 e. The van der Waals surface area contributed by atoms with Gasteiger partial charge in [0.2, 0.25) is 0 Å². The maximum absolute atomic E-state index is 13.4. The summed E-state index contributed by atoms with van der Waals surface area (Å²) in [6.07, 6.45) is 10.2. The zero-order chi connectivity index (χ0) is 28.7. The molecule has 2 N–H and O–H groups in total. The molecule has 4 rings (SSSR count). The van der Waals surface area contributed by atoms with Gasteiger partial charge >= 0.3 is 6.09 Å². The fraction of sp³-hybridized carbons (Fsp3) is 0.457. The Hall–Kier alpha value is -3.22. The van der Waals surface area contributed by atoms with E-state index in [1.807, 2.05) is 73.7 Å². The van der Waals surface area contributed by atoms with Crippen LogP contribution < -0.4 is 10.6 Å². The molecule has 1 aliphatic heterocycles. The van der Waals surface area contributed by atoms with Crippen molar-refractivity contribution in [3.63, 3.8) is 0 Å². The average molecular weight is 560 g/mol. The van der Waals surface area contributed by atoms with Crippen molar-refractivity contribution < 1.29 is 13.9 Å². The number of nitrogens with zero attached hydrogens (tertiary/aromatic N) is 1. The zero-order valence-corrected chi connectivity index (χ0v) is 24.5. The summed E-state index contributed by atoms with van der Waals surface area (Å²) in [6, 6.07) is 23.3. The Labute approximate surface area is 245 Å². The second-order valence-electron chi connectivity index (χ2n) is 11.2. The van der Waals surface area contributed by atoms with Gasteiger partial charge in [0.25, 0.3) is 0 Å². The molecule has 1 aliphatic rings. The van der Waals surface area contributed by atoms with Crippen molar-refractivity contribution in [1.82, 2.24) is 10.2 Å². The Balaban J connectivity index is 0.997. The van der Waals surface area contributed by atoms with Crippen LogP contribution in [-0.4, -0.2) is 43.3 Å². The highest BCUT2D eigenvalue weighted by Gasteiger charge is 2.22. The Morgan fingerprint density at radius 2 is 1.56 bits per heavy atom. The Morgan fingerprint density at radius 3 is 2.32 bits per heavy atom. The van der Waals surface area contributed by atoms with E-state index in [4.69, 9.17) is 4.74 Å². The third-order valence-electron chi connectivity index (χ3n) is 7.94. The van der Waals surface area contributed by atoms with E-state index in [2.05, 4.69) is 15.5 Å². The average Bonchev–Trinajstić information content (AvgIpc) is 2.99. The van der Waals surface area contributed by atoms with Crippen LogP contribution in [0.15, 0.2) is 72.8 Å². The van der Waals surface area contributed by atoms with Crippen molar-refractivity contribution in [3.05, 3.63) is 89.7 Å². The van der Waals surface area contributed by atoms with Crippen molar-refractivity contribution in [2.45, 2.75) is 77.4 Å². The van der Waals surface area contributed by atoms with E-state index in [1.165, 1.54) is 44.9 Å². The number of halogens is 1. The number of ether oxygens (including phenoxy) is 1. The maximum atomic E-state index is 13.4. The molecule has 0 unspecified atom stereocenters. The molecule has 0 bridgehead atoms. The number of para-hydroxylation sites is 1. The molecule has 3 aromatic carbocycles. The van der Waals surface area contributed by atoms with Gasteiger partial charge in [-0.3, -0.25) is 5.32 Å². The zero-order valence-electron chi connectivity index (χ0n) is 24.5. The number of hydrogen-bond donors (Lipinski definition) is 2. The molecule has 41 heavy (non-hydrogen) atoms. The van der Waals surface area contributed by atoms with E-state index < -0.39 is 0 Å². The Kier molecular flexibility index (Phi) is 12.7. The number of benzene rings is 3. The Bertz CT molecular complexity index is 1200. The quantitative estimate of drug-likeness (QED) is 0.184. The first kappa shape index (κ1) is 30.7. The summed E-state index contributed by atoms with van der Waals surface area (Å²) in [5.41, 5.74) is 4.69. The molecule has 0 spiro atoms. The number of amides is 1. The fourth-order valence-electron chi connectivity index (χ4n) is 5.52. The van der Waals surface area contributed by atoms with Gasteiger partial charge in [-0.2, -0.15) is 0 Å². The lowest BCUT2D eigenvalue weighted by Gasteiger charge is -2.31. The van der Waals surface area contributed by atoms with Crippen molar-refractivity contribution >= 4 is 11.8 Å². The monoisotopic (exact) mass is 559 g/mol. The highest BCUT2D eigenvalue weighted by molar-refractivity contribution is 5.91. The molecule has 0 radical (unpaired) electrons. The first-order valence-corrected chi connectivity index (χ1v) is 15.4. The van der Waals surface area contributed by atoms with Crippen LogP contribution in [0, 0.1) is 12.7 Å². The van der Waals surface area contributed by atoms with E-state index >= 15 is 0 Å². The number of likely N-dealkylation sites (tertiary alicyclic amines) is 1. The maximum Gasteiger partial charge on any atom is 0.411 e. The minimum atomic E-state index is -0.370. The molecule has 6 heteroatoms. The van der Waals surface area contributed by atoms with E-state index in [9.17, 15) is 9.18 Å². The van der Waals surface area contributed by atoms with Gasteiger partial charge < -0.3 is 15.0 Å². The smallest absolute Gasteiger partial charge is 0.411 e. The van der Waals surface area contributed by atoms with Crippen LogP contribution in [-0.2, 0) is 11.3 Å². The standard InChI is InChI=1S/C35H46FN3O2/c1-28-26-29(18-19-33(28)36)27-37-22-12-5-3-2-4-6-13-23-39-24-20-31(21-25-39)41-35(40)38-34-17-11-10-16-32(34)30-14-8-7-9-15-30/h7-11,14-19,26,31,37H,2-6,12-13,20-25,27H2,1H3,(H,38,40). The molecule has 0 atom stereocenters. The number of hydrogen-bond acceptors (Lipinski definition) is 4. The molecular weight excluding hydrogens is 513 g/mol. The van der Waals surface area contributed by atoms with Gasteiger partial charge in [0.05, 0.1) is 5.69 Å². The molecule has 1 heterocycles. The normalized spacial score (nSPS) is 14.2. The molecule has 0 aliphatic carbocycles. The molecule has 5 nitrogen and oxygen atoms in total. The summed E-state index contributed by atoms with van der Waals surface area (Å²) < 4.78 is 19.1. The van der Waals surface area contributed by atoms with Crippen LogP contribution in [0.4, 0.5) is 14.9 Å². The van der Waals surface area contributed by atoms with Gasteiger partial charge in [-0.15, -0.1) is 0 Å². The Morgan fingerprint density at radius 1 is 0.878 bits per heavy atom. The summed E-state index contributed by atoms with van der Waals surface area (Å²) in [5.74, 6) is -0.133. The molecule has 3 aromatic rings. The third kappa shape index (κ3) is 10.6.